The van der Waals surface area contributed by atoms with E-state index in [0.717, 1.165) is 19.6 Å². The Morgan fingerprint density at radius 3 is 2.33 bits per heavy atom. The highest BCUT2D eigenvalue weighted by Crippen LogP contribution is 1.97. The van der Waals surface area contributed by atoms with Crippen LogP contribution in [0.5, 0.6) is 0 Å². The molecule has 0 aliphatic heterocycles. The summed E-state index contributed by atoms with van der Waals surface area (Å²) >= 11 is 5.62. The third kappa shape index (κ3) is 6.86. The molecule has 0 fully saturated rings. The first-order valence-corrected chi connectivity index (χ1v) is 5.22. The summed E-state index contributed by atoms with van der Waals surface area (Å²) in [7, 11) is 0. The van der Waals surface area contributed by atoms with E-state index in [1.165, 1.54) is 12.8 Å². The molecule has 0 heterocycles. The molecule has 0 aliphatic carbocycles. The van der Waals surface area contributed by atoms with Gasteiger partial charge in [0.05, 0.1) is 6.67 Å². The first-order chi connectivity index (χ1) is 5.85. The topological polar surface area (TPSA) is 3.24 Å². The van der Waals surface area contributed by atoms with E-state index < -0.39 is 0 Å². The molecular weight excluding hydrogens is 177 g/mol. The van der Waals surface area contributed by atoms with Crippen LogP contribution >= 0.6 is 11.6 Å². The maximum absolute atomic E-state index is 11.9. The summed E-state index contributed by atoms with van der Waals surface area (Å²) in [5.41, 5.74) is 0. The lowest BCUT2D eigenvalue weighted by Gasteiger charge is -2.19. The molecule has 0 bridgehead atoms. The van der Waals surface area contributed by atoms with E-state index in [4.69, 9.17) is 11.6 Å². The van der Waals surface area contributed by atoms with Crippen LogP contribution in [0.1, 0.15) is 26.2 Å². The molecule has 0 aromatic carbocycles. The Morgan fingerprint density at radius 1 is 1.17 bits per heavy atom. The summed E-state index contributed by atoms with van der Waals surface area (Å²) in [6.45, 7) is 4.74. The minimum atomic E-state index is -0.217. The zero-order chi connectivity index (χ0) is 9.23. The maximum atomic E-state index is 11.9. The largest absolute Gasteiger partial charge is 0.302 e. The Bertz CT molecular complexity index is 82.6. The first kappa shape index (κ1) is 12.2. The standard InChI is InChI=1S/C9H19ClFN/c1-2-3-7-12(9-5-10)8-4-6-11/h2-9H2,1H3. The average molecular weight is 196 g/mol. The van der Waals surface area contributed by atoms with E-state index in [1.807, 2.05) is 0 Å². The molecule has 0 saturated carbocycles. The molecule has 0 aliphatic rings. The van der Waals surface area contributed by atoms with Gasteiger partial charge in [-0.1, -0.05) is 13.3 Å². The van der Waals surface area contributed by atoms with Crippen molar-refractivity contribution in [1.82, 2.24) is 4.90 Å². The van der Waals surface area contributed by atoms with Crippen molar-refractivity contribution in [1.29, 1.82) is 0 Å². The lowest BCUT2D eigenvalue weighted by atomic mass is 10.3. The fourth-order valence-corrected chi connectivity index (χ4v) is 1.36. The van der Waals surface area contributed by atoms with Gasteiger partial charge in [-0.2, -0.15) is 0 Å². The number of halogens is 2. The average Bonchev–Trinajstić information content (AvgIpc) is 2.10. The van der Waals surface area contributed by atoms with Crippen LogP contribution in [0.2, 0.25) is 0 Å². The highest BCUT2D eigenvalue weighted by atomic mass is 35.5. The number of rotatable bonds is 8. The van der Waals surface area contributed by atoms with Crippen LogP contribution in [0.3, 0.4) is 0 Å². The molecule has 0 N–H and O–H groups in total. The highest BCUT2D eigenvalue weighted by Gasteiger charge is 2.01. The molecule has 0 atom stereocenters. The van der Waals surface area contributed by atoms with Gasteiger partial charge in [0.1, 0.15) is 0 Å². The monoisotopic (exact) mass is 195 g/mol. The van der Waals surface area contributed by atoms with E-state index in [1.54, 1.807) is 0 Å². The summed E-state index contributed by atoms with van der Waals surface area (Å²) in [5.74, 6) is 0.649. The summed E-state index contributed by atoms with van der Waals surface area (Å²) in [4.78, 5) is 2.23. The molecule has 0 rings (SSSR count). The van der Waals surface area contributed by atoms with E-state index in [2.05, 4.69) is 11.8 Å². The summed E-state index contributed by atoms with van der Waals surface area (Å²) in [6.07, 6.45) is 3.01. The van der Waals surface area contributed by atoms with Crippen LogP contribution in [-0.2, 0) is 0 Å². The Labute approximate surface area is 79.9 Å². The van der Waals surface area contributed by atoms with E-state index in [9.17, 15) is 4.39 Å². The Balaban J connectivity index is 3.40. The minimum absolute atomic E-state index is 0.217. The second kappa shape index (κ2) is 9.27. The van der Waals surface area contributed by atoms with Crippen molar-refractivity contribution in [3.63, 3.8) is 0 Å². The van der Waals surface area contributed by atoms with Crippen molar-refractivity contribution in [3.05, 3.63) is 0 Å². The van der Waals surface area contributed by atoms with Gasteiger partial charge in [-0.3, -0.25) is 4.39 Å². The van der Waals surface area contributed by atoms with Gasteiger partial charge in [0.25, 0.3) is 0 Å². The fourth-order valence-electron chi connectivity index (χ4n) is 1.12. The zero-order valence-electron chi connectivity index (χ0n) is 7.86. The second-order valence-electron chi connectivity index (χ2n) is 2.93. The fraction of sp³-hybridized carbons (Fsp3) is 1.00. The molecule has 0 amide bonds. The predicted molar refractivity (Wildman–Crippen MR) is 52.7 cm³/mol. The van der Waals surface area contributed by atoms with Crippen LogP contribution in [0.4, 0.5) is 4.39 Å². The number of hydrogen-bond donors (Lipinski definition) is 0. The predicted octanol–water partition coefficient (Wildman–Crippen LogP) is 2.69. The lowest BCUT2D eigenvalue weighted by Crippen LogP contribution is -2.28. The minimum Gasteiger partial charge on any atom is -0.302 e. The van der Waals surface area contributed by atoms with Gasteiger partial charge < -0.3 is 4.90 Å². The summed E-state index contributed by atoms with van der Waals surface area (Å²) in [5, 5.41) is 0. The SMILES string of the molecule is CCCCN(CCCl)CCCF. The van der Waals surface area contributed by atoms with Crippen LogP contribution in [0, 0.1) is 0 Å². The molecule has 0 unspecified atom stereocenters. The summed E-state index contributed by atoms with van der Waals surface area (Å²) in [6, 6.07) is 0. The highest BCUT2D eigenvalue weighted by molar-refractivity contribution is 6.18. The van der Waals surface area contributed by atoms with Gasteiger partial charge in [-0.05, 0) is 19.4 Å². The van der Waals surface area contributed by atoms with Gasteiger partial charge in [0.15, 0.2) is 0 Å². The molecule has 0 aromatic rings. The van der Waals surface area contributed by atoms with Crippen LogP contribution in [0.15, 0.2) is 0 Å². The molecule has 0 radical (unpaired) electrons. The third-order valence-corrected chi connectivity index (χ3v) is 2.01. The quantitative estimate of drug-likeness (QED) is 0.539. The van der Waals surface area contributed by atoms with E-state index in [-0.39, 0.29) is 6.67 Å². The van der Waals surface area contributed by atoms with E-state index in [0.29, 0.717) is 12.3 Å². The Kier molecular flexibility index (Phi) is 9.41. The third-order valence-electron chi connectivity index (χ3n) is 1.84. The van der Waals surface area contributed by atoms with Crippen LogP contribution < -0.4 is 0 Å². The Hall–Kier alpha value is 0.180. The molecule has 1 nitrogen and oxygen atoms in total. The van der Waals surface area contributed by atoms with Crippen molar-refractivity contribution < 1.29 is 4.39 Å². The maximum Gasteiger partial charge on any atom is 0.0906 e. The molecule has 0 saturated heterocycles. The smallest absolute Gasteiger partial charge is 0.0906 e. The van der Waals surface area contributed by atoms with Crippen molar-refractivity contribution in [2.24, 2.45) is 0 Å². The number of nitrogens with zero attached hydrogens (tertiary/aromatic N) is 1. The number of unbranched alkanes of at least 4 members (excludes halogenated alkanes) is 1. The van der Waals surface area contributed by atoms with Crippen molar-refractivity contribution >= 4 is 11.6 Å². The van der Waals surface area contributed by atoms with Gasteiger partial charge in [-0.15, -0.1) is 11.6 Å². The van der Waals surface area contributed by atoms with Gasteiger partial charge in [0, 0.05) is 19.0 Å². The number of alkyl halides is 2. The van der Waals surface area contributed by atoms with Gasteiger partial charge in [-0.25, -0.2) is 0 Å². The Morgan fingerprint density at radius 2 is 1.83 bits per heavy atom. The van der Waals surface area contributed by atoms with E-state index >= 15 is 0 Å². The molecule has 74 valence electrons. The van der Waals surface area contributed by atoms with Gasteiger partial charge in [0.2, 0.25) is 0 Å². The first-order valence-electron chi connectivity index (χ1n) is 4.69. The second-order valence-corrected chi connectivity index (χ2v) is 3.30. The van der Waals surface area contributed by atoms with Crippen LogP contribution in [-0.4, -0.2) is 37.1 Å². The zero-order valence-corrected chi connectivity index (χ0v) is 8.62. The van der Waals surface area contributed by atoms with Crippen molar-refractivity contribution in [2.75, 3.05) is 32.2 Å². The van der Waals surface area contributed by atoms with Crippen molar-refractivity contribution in [3.8, 4) is 0 Å². The normalized spacial score (nSPS) is 11.0. The lowest BCUT2D eigenvalue weighted by molar-refractivity contribution is 0.268. The van der Waals surface area contributed by atoms with Gasteiger partial charge >= 0.3 is 0 Å². The molecule has 3 heteroatoms. The molecular formula is C9H19ClFN. The van der Waals surface area contributed by atoms with Crippen LogP contribution in [0.25, 0.3) is 0 Å². The molecule has 0 spiro atoms. The number of hydrogen-bond acceptors (Lipinski definition) is 1. The summed E-state index contributed by atoms with van der Waals surface area (Å²) < 4.78 is 11.9. The molecule has 12 heavy (non-hydrogen) atoms. The van der Waals surface area contributed by atoms with Crippen molar-refractivity contribution in [2.45, 2.75) is 26.2 Å². The molecule has 0 aromatic heterocycles.